The highest BCUT2D eigenvalue weighted by Gasteiger charge is 2.23. The number of benzene rings is 1. The number of sulfonamides is 1. The van der Waals surface area contributed by atoms with Crippen LogP contribution >= 0.6 is 15.9 Å². The first-order valence-electron chi connectivity index (χ1n) is 6.82. The predicted octanol–water partition coefficient (Wildman–Crippen LogP) is 1.91. The lowest BCUT2D eigenvalue weighted by atomic mass is 10.2. The van der Waals surface area contributed by atoms with E-state index in [1.807, 2.05) is 4.72 Å². The molecule has 124 valence electrons. The second-order valence-electron chi connectivity index (χ2n) is 5.08. The van der Waals surface area contributed by atoms with E-state index >= 15 is 0 Å². The lowest BCUT2D eigenvalue weighted by Gasteiger charge is -2.06. The van der Waals surface area contributed by atoms with Gasteiger partial charge in [0.15, 0.2) is 0 Å². The number of aromatic nitrogens is 2. The summed E-state index contributed by atoms with van der Waals surface area (Å²) in [7, 11) is -3.96. The molecule has 1 amide bonds. The van der Waals surface area contributed by atoms with Crippen molar-refractivity contribution in [2.24, 2.45) is 0 Å². The first kappa shape index (κ1) is 16.6. The fraction of sp³-hybridized carbons (Fsp3) is 0.0667. The second kappa shape index (κ2) is 6.33. The number of hydrogen-bond acceptors (Lipinski definition) is 3. The molecule has 2 heterocycles. The standard InChI is InChI=1S/C15H11BrFN3O3S/c16-12-5-4-10(7-13(12)17)9-24(22,23)19-15(21)11-8-18-20-6-2-1-3-14(11)20/h1-8H,9H2,(H,19,21)/p+1. The number of carbonyl (C=O) groups excluding carboxylic acids is 1. The number of aromatic amines is 1. The summed E-state index contributed by atoms with van der Waals surface area (Å²) < 4.78 is 41.6. The fourth-order valence-electron chi connectivity index (χ4n) is 2.25. The van der Waals surface area contributed by atoms with Crippen LogP contribution in [-0.4, -0.2) is 19.4 Å². The van der Waals surface area contributed by atoms with Crippen LogP contribution in [0.4, 0.5) is 4.39 Å². The first-order chi connectivity index (χ1) is 11.4. The van der Waals surface area contributed by atoms with Crippen molar-refractivity contribution in [2.75, 3.05) is 0 Å². The van der Waals surface area contributed by atoms with E-state index in [0.717, 1.165) is 6.07 Å². The van der Waals surface area contributed by atoms with Gasteiger partial charge in [-0.3, -0.25) is 4.79 Å². The zero-order valence-corrected chi connectivity index (χ0v) is 14.6. The number of amides is 1. The number of carbonyl (C=O) groups is 1. The summed E-state index contributed by atoms with van der Waals surface area (Å²) in [5.74, 6) is -1.82. The van der Waals surface area contributed by atoms with E-state index in [9.17, 15) is 17.6 Å². The molecule has 1 aromatic carbocycles. The maximum Gasteiger partial charge on any atom is 0.273 e. The SMILES string of the molecule is O=C(NS(=O)(=O)Cc1ccc(Br)c(F)c1)c1c[nH][n+]2ccccc12. The van der Waals surface area contributed by atoms with Crippen molar-refractivity contribution in [3.05, 3.63) is 70.2 Å². The molecule has 2 N–H and O–H groups in total. The van der Waals surface area contributed by atoms with Gasteiger partial charge in [0.25, 0.3) is 5.91 Å². The van der Waals surface area contributed by atoms with Crippen LogP contribution in [0.5, 0.6) is 0 Å². The Kier molecular flexibility index (Phi) is 4.37. The summed E-state index contributed by atoms with van der Waals surface area (Å²) in [6.45, 7) is 0. The molecule has 0 fully saturated rings. The van der Waals surface area contributed by atoms with Crippen molar-refractivity contribution in [1.82, 2.24) is 9.82 Å². The number of hydrogen-bond donors (Lipinski definition) is 2. The number of fused-ring (bicyclic) bond motifs is 1. The zero-order valence-electron chi connectivity index (χ0n) is 12.2. The van der Waals surface area contributed by atoms with Crippen LogP contribution in [0.25, 0.3) is 5.52 Å². The summed E-state index contributed by atoms with van der Waals surface area (Å²) >= 11 is 3.00. The van der Waals surface area contributed by atoms with E-state index in [1.54, 1.807) is 28.9 Å². The zero-order chi connectivity index (χ0) is 17.3. The minimum atomic E-state index is -3.96. The van der Waals surface area contributed by atoms with E-state index in [4.69, 9.17) is 0 Å². The molecular weight excluding hydrogens is 401 g/mol. The maximum atomic E-state index is 13.5. The van der Waals surface area contributed by atoms with Gasteiger partial charge < -0.3 is 0 Å². The maximum absolute atomic E-state index is 13.5. The quantitative estimate of drug-likeness (QED) is 0.642. The largest absolute Gasteiger partial charge is 0.273 e. The molecule has 0 aliphatic heterocycles. The smallest absolute Gasteiger partial charge is 0.268 e. The number of nitrogens with one attached hydrogen (secondary N) is 2. The Morgan fingerprint density at radius 2 is 2.08 bits per heavy atom. The Labute approximate surface area is 145 Å². The van der Waals surface area contributed by atoms with E-state index in [-0.39, 0.29) is 15.6 Å². The van der Waals surface area contributed by atoms with E-state index in [2.05, 4.69) is 21.0 Å². The topological polar surface area (TPSA) is 83.1 Å². The Hall–Kier alpha value is -2.26. The Morgan fingerprint density at radius 3 is 2.83 bits per heavy atom. The van der Waals surface area contributed by atoms with E-state index in [1.165, 1.54) is 18.3 Å². The highest BCUT2D eigenvalue weighted by molar-refractivity contribution is 9.10. The molecule has 24 heavy (non-hydrogen) atoms. The molecule has 0 aliphatic carbocycles. The van der Waals surface area contributed by atoms with E-state index < -0.39 is 27.5 Å². The molecule has 0 aliphatic rings. The number of nitrogens with zero attached hydrogens (tertiary/aromatic N) is 1. The van der Waals surface area contributed by atoms with Crippen molar-refractivity contribution in [3.8, 4) is 0 Å². The molecule has 0 spiro atoms. The molecule has 0 saturated carbocycles. The lowest BCUT2D eigenvalue weighted by molar-refractivity contribution is -0.576. The molecule has 3 rings (SSSR count). The summed E-state index contributed by atoms with van der Waals surface area (Å²) in [6.07, 6.45) is 3.12. The second-order valence-corrected chi connectivity index (χ2v) is 7.66. The van der Waals surface area contributed by atoms with Crippen molar-refractivity contribution >= 4 is 37.4 Å². The number of halogens is 2. The molecule has 0 saturated heterocycles. The van der Waals surface area contributed by atoms with Crippen molar-refractivity contribution in [3.63, 3.8) is 0 Å². The molecule has 0 bridgehead atoms. The van der Waals surface area contributed by atoms with Gasteiger partial charge in [0, 0.05) is 12.1 Å². The van der Waals surface area contributed by atoms with Crippen LogP contribution in [0, 0.1) is 5.82 Å². The summed E-state index contributed by atoms with van der Waals surface area (Å²) in [5, 5.41) is 2.82. The summed E-state index contributed by atoms with van der Waals surface area (Å²) in [4.78, 5) is 12.2. The van der Waals surface area contributed by atoms with Gasteiger partial charge in [-0.2, -0.15) is 5.10 Å². The molecule has 2 aromatic heterocycles. The van der Waals surface area contributed by atoms with Crippen molar-refractivity contribution in [1.29, 1.82) is 0 Å². The lowest BCUT2D eigenvalue weighted by Crippen LogP contribution is -2.32. The van der Waals surface area contributed by atoms with Gasteiger partial charge in [0.05, 0.1) is 16.4 Å². The van der Waals surface area contributed by atoms with Crippen LogP contribution in [-0.2, 0) is 15.8 Å². The average molecular weight is 413 g/mol. The van der Waals surface area contributed by atoms with Crippen LogP contribution in [0.1, 0.15) is 15.9 Å². The van der Waals surface area contributed by atoms with Crippen LogP contribution in [0.15, 0.2) is 53.3 Å². The highest BCUT2D eigenvalue weighted by Crippen LogP contribution is 2.17. The van der Waals surface area contributed by atoms with Crippen LogP contribution in [0.3, 0.4) is 0 Å². The third-order valence-corrected chi connectivity index (χ3v) is 5.17. The first-order valence-corrected chi connectivity index (χ1v) is 9.27. The molecule has 0 unspecified atom stereocenters. The van der Waals surface area contributed by atoms with Crippen LogP contribution in [0.2, 0.25) is 0 Å². The van der Waals surface area contributed by atoms with Gasteiger partial charge in [0.1, 0.15) is 11.4 Å². The van der Waals surface area contributed by atoms with Gasteiger partial charge >= 0.3 is 0 Å². The minimum absolute atomic E-state index is 0.196. The fourth-order valence-corrected chi connectivity index (χ4v) is 3.58. The molecule has 0 radical (unpaired) electrons. The monoisotopic (exact) mass is 412 g/mol. The number of rotatable bonds is 4. The highest BCUT2D eigenvalue weighted by atomic mass is 79.9. The Balaban J connectivity index is 1.81. The number of pyridine rings is 1. The molecule has 9 heteroatoms. The Morgan fingerprint density at radius 1 is 1.29 bits per heavy atom. The van der Waals surface area contributed by atoms with E-state index in [0.29, 0.717) is 5.52 Å². The average Bonchev–Trinajstić information content (AvgIpc) is 2.94. The Bertz CT molecular complexity index is 1030. The van der Waals surface area contributed by atoms with Crippen LogP contribution < -0.4 is 9.24 Å². The van der Waals surface area contributed by atoms with Gasteiger partial charge in [-0.25, -0.2) is 17.5 Å². The van der Waals surface area contributed by atoms with Crippen molar-refractivity contribution in [2.45, 2.75) is 5.75 Å². The van der Waals surface area contributed by atoms with Gasteiger partial charge in [-0.1, -0.05) is 10.6 Å². The summed E-state index contributed by atoms with van der Waals surface area (Å²) in [6, 6.07) is 9.18. The summed E-state index contributed by atoms with van der Waals surface area (Å²) in [5.41, 5.74) is 0.977. The molecule has 0 atom stereocenters. The molecule has 3 aromatic rings. The third-order valence-electron chi connectivity index (χ3n) is 3.32. The van der Waals surface area contributed by atoms with Gasteiger partial charge in [-0.15, -0.1) is 0 Å². The molecular formula is C15H12BrFN3O3S+. The van der Waals surface area contributed by atoms with Gasteiger partial charge in [-0.05, 0) is 39.7 Å². The third kappa shape index (κ3) is 3.46. The minimum Gasteiger partial charge on any atom is -0.268 e. The predicted molar refractivity (Wildman–Crippen MR) is 88.1 cm³/mol. The van der Waals surface area contributed by atoms with Crippen molar-refractivity contribution < 1.29 is 22.1 Å². The molecule has 6 nitrogen and oxygen atoms in total. The van der Waals surface area contributed by atoms with Gasteiger partial charge in [0.2, 0.25) is 21.7 Å². The number of H-pyrrole nitrogens is 1. The normalized spacial score (nSPS) is 11.6.